The highest BCUT2D eigenvalue weighted by Crippen LogP contribution is 2.32. The molecule has 0 radical (unpaired) electrons. The summed E-state index contributed by atoms with van der Waals surface area (Å²) in [7, 11) is 3.63. The standard InChI is InChI=1S/C16H19N3O3/c1-18(2)17-11-14(13-7-4-3-5-8-13)15(12-19(20)21)16-9-6-10-22-16/h3-11,14-15H,12H2,1-2H3/b17-11+. The van der Waals surface area contributed by atoms with Crippen molar-refractivity contribution in [1.82, 2.24) is 5.01 Å². The quantitative estimate of drug-likeness (QED) is 0.448. The van der Waals surface area contributed by atoms with Crippen molar-refractivity contribution in [3.05, 3.63) is 70.2 Å². The Kier molecular flexibility index (Phi) is 5.30. The van der Waals surface area contributed by atoms with Crippen LogP contribution in [-0.4, -0.2) is 36.8 Å². The molecule has 2 rings (SSSR count). The zero-order chi connectivity index (χ0) is 15.9. The van der Waals surface area contributed by atoms with E-state index in [0.717, 1.165) is 5.56 Å². The van der Waals surface area contributed by atoms with Crippen molar-refractivity contribution in [2.45, 2.75) is 11.8 Å². The number of nitrogens with zero attached hydrogens (tertiary/aromatic N) is 3. The normalized spacial score (nSPS) is 13.9. The number of benzene rings is 1. The van der Waals surface area contributed by atoms with E-state index < -0.39 is 5.92 Å². The molecule has 116 valence electrons. The van der Waals surface area contributed by atoms with Crippen LogP contribution in [0.4, 0.5) is 0 Å². The van der Waals surface area contributed by atoms with E-state index in [1.807, 2.05) is 44.4 Å². The van der Waals surface area contributed by atoms with Crippen molar-refractivity contribution in [2.75, 3.05) is 20.6 Å². The van der Waals surface area contributed by atoms with Crippen molar-refractivity contribution in [3.63, 3.8) is 0 Å². The molecule has 0 aliphatic carbocycles. The fourth-order valence-corrected chi connectivity index (χ4v) is 2.35. The Morgan fingerprint density at radius 3 is 2.55 bits per heavy atom. The van der Waals surface area contributed by atoms with Crippen LogP contribution in [0, 0.1) is 10.1 Å². The third-order valence-corrected chi connectivity index (χ3v) is 3.33. The number of furan rings is 1. The summed E-state index contributed by atoms with van der Waals surface area (Å²) in [4.78, 5) is 10.8. The van der Waals surface area contributed by atoms with Gasteiger partial charge in [-0.2, -0.15) is 5.10 Å². The molecule has 0 aliphatic rings. The summed E-state index contributed by atoms with van der Waals surface area (Å²) in [5, 5.41) is 17.0. The molecule has 22 heavy (non-hydrogen) atoms. The Bertz CT molecular complexity index is 609. The molecule has 0 spiro atoms. The van der Waals surface area contributed by atoms with Crippen LogP contribution in [0.15, 0.2) is 58.2 Å². The molecule has 6 heteroatoms. The van der Waals surface area contributed by atoms with E-state index in [1.54, 1.807) is 23.4 Å². The zero-order valence-electron chi connectivity index (χ0n) is 12.6. The van der Waals surface area contributed by atoms with E-state index in [2.05, 4.69) is 5.10 Å². The van der Waals surface area contributed by atoms with Gasteiger partial charge in [-0.3, -0.25) is 10.1 Å². The third kappa shape index (κ3) is 4.18. The van der Waals surface area contributed by atoms with Crippen molar-refractivity contribution < 1.29 is 9.34 Å². The SMILES string of the molecule is CN(C)/N=C/C(c1ccccc1)C(C[N+](=O)[O-])c1ccco1. The van der Waals surface area contributed by atoms with Crippen LogP contribution in [0.2, 0.25) is 0 Å². The van der Waals surface area contributed by atoms with E-state index in [0.29, 0.717) is 5.76 Å². The van der Waals surface area contributed by atoms with Gasteiger partial charge in [-0.25, -0.2) is 0 Å². The lowest BCUT2D eigenvalue weighted by Gasteiger charge is -2.20. The second-order valence-corrected chi connectivity index (χ2v) is 5.19. The molecule has 2 unspecified atom stereocenters. The third-order valence-electron chi connectivity index (χ3n) is 3.33. The van der Waals surface area contributed by atoms with Crippen molar-refractivity contribution in [2.24, 2.45) is 5.10 Å². The Labute approximate surface area is 129 Å². The summed E-state index contributed by atoms with van der Waals surface area (Å²) in [6.07, 6.45) is 3.28. The maximum absolute atomic E-state index is 11.1. The monoisotopic (exact) mass is 301 g/mol. The van der Waals surface area contributed by atoms with Crippen LogP contribution in [0.25, 0.3) is 0 Å². The summed E-state index contributed by atoms with van der Waals surface area (Å²) >= 11 is 0. The van der Waals surface area contributed by atoms with Gasteiger partial charge in [0, 0.05) is 31.2 Å². The molecule has 1 aromatic heterocycles. The molecule has 0 saturated heterocycles. The van der Waals surface area contributed by atoms with Gasteiger partial charge in [0.05, 0.1) is 12.2 Å². The summed E-state index contributed by atoms with van der Waals surface area (Å²) in [6, 6.07) is 13.2. The minimum atomic E-state index is -0.406. The number of rotatable bonds is 7. The minimum absolute atomic E-state index is 0.216. The number of nitro groups is 1. The molecule has 0 amide bonds. The van der Waals surface area contributed by atoms with Gasteiger partial charge in [0.15, 0.2) is 0 Å². The highest BCUT2D eigenvalue weighted by molar-refractivity contribution is 5.69. The number of hydrogen-bond donors (Lipinski definition) is 0. The first-order valence-corrected chi connectivity index (χ1v) is 6.99. The molecule has 0 N–H and O–H groups in total. The Morgan fingerprint density at radius 2 is 2.00 bits per heavy atom. The van der Waals surface area contributed by atoms with E-state index >= 15 is 0 Å². The number of hydrazone groups is 1. The van der Waals surface area contributed by atoms with Gasteiger partial charge in [0.2, 0.25) is 6.54 Å². The first-order valence-electron chi connectivity index (χ1n) is 6.99. The van der Waals surface area contributed by atoms with Gasteiger partial charge in [0.25, 0.3) is 0 Å². The highest BCUT2D eigenvalue weighted by Gasteiger charge is 2.30. The van der Waals surface area contributed by atoms with Gasteiger partial charge >= 0.3 is 0 Å². The molecule has 6 nitrogen and oxygen atoms in total. The summed E-state index contributed by atoms with van der Waals surface area (Å²) in [6.45, 7) is -0.216. The van der Waals surface area contributed by atoms with Crippen LogP contribution in [-0.2, 0) is 0 Å². The van der Waals surface area contributed by atoms with E-state index in [1.165, 1.54) is 6.26 Å². The van der Waals surface area contributed by atoms with E-state index in [-0.39, 0.29) is 17.4 Å². The largest absolute Gasteiger partial charge is 0.469 e. The first-order chi connectivity index (χ1) is 10.6. The molecule has 0 saturated carbocycles. The van der Waals surface area contributed by atoms with Crippen LogP contribution >= 0.6 is 0 Å². The lowest BCUT2D eigenvalue weighted by atomic mass is 9.85. The maximum Gasteiger partial charge on any atom is 0.214 e. The Morgan fingerprint density at radius 1 is 1.27 bits per heavy atom. The first kappa shape index (κ1) is 15.8. The molecular weight excluding hydrogens is 282 g/mol. The second kappa shape index (κ2) is 7.40. The summed E-state index contributed by atoms with van der Waals surface area (Å²) in [5.41, 5.74) is 0.969. The second-order valence-electron chi connectivity index (χ2n) is 5.19. The summed E-state index contributed by atoms with van der Waals surface area (Å²) in [5.74, 6) is -0.0491. The summed E-state index contributed by atoms with van der Waals surface area (Å²) < 4.78 is 5.43. The predicted octanol–water partition coefficient (Wildman–Crippen LogP) is 2.97. The van der Waals surface area contributed by atoms with Crippen LogP contribution in [0.3, 0.4) is 0 Å². The molecule has 0 fully saturated rings. The molecule has 0 aliphatic heterocycles. The minimum Gasteiger partial charge on any atom is -0.469 e. The average Bonchev–Trinajstić information content (AvgIpc) is 3.00. The van der Waals surface area contributed by atoms with Gasteiger partial charge in [0.1, 0.15) is 5.76 Å². The molecule has 1 aromatic carbocycles. The highest BCUT2D eigenvalue weighted by atomic mass is 16.6. The molecule has 1 heterocycles. The van der Waals surface area contributed by atoms with Crippen LogP contribution in [0.1, 0.15) is 23.2 Å². The number of hydrogen-bond acceptors (Lipinski definition) is 5. The predicted molar refractivity (Wildman–Crippen MR) is 84.7 cm³/mol. The lowest BCUT2D eigenvalue weighted by molar-refractivity contribution is -0.484. The molecular formula is C16H19N3O3. The van der Waals surface area contributed by atoms with Crippen molar-refractivity contribution >= 4 is 6.21 Å². The Balaban J connectivity index is 2.41. The Hall–Kier alpha value is -2.63. The molecule has 2 atom stereocenters. The molecule has 2 aromatic rings. The van der Waals surface area contributed by atoms with Crippen molar-refractivity contribution in [1.29, 1.82) is 0 Å². The molecule has 0 bridgehead atoms. The average molecular weight is 301 g/mol. The zero-order valence-corrected chi connectivity index (χ0v) is 12.6. The van der Waals surface area contributed by atoms with Crippen LogP contribution < -0.4 is 0 Å². The topological polar surface area (TPSA) is 71.9 Å². The van der Waals surface area contributed by atoms with Crippen LogP contribution in [0.5, 0.6) is 0 Å². The smallest absolute Gasteiger partial charge is 0.214 e. The fraction of sp³-hybridized carbons (Fsp3) is 0.312. The fourth-order valence-electron chi connectivity index (χ4n) is 2.35. The van der Waals surface area contributed by atoms with Gasteiger partial charge in [-0.05, 0) is 17.7 Å². The maximum atomic E-state index is 11.1. The lowest BCUT2D eigenvalue weighted by Crippen LogP contribution is -2.21. The van der Waals surface area contributed by atoms with Gasteiger partial charge in [-0.1, -0.05) is 30.3 Å². The van der Waals surface area contributed by atoms with Crippen molar-refractivity contribution in [3.8, 4) is 0 Å². The van der Waals surface area contributed by atoms with E-state index in [4.69, 9.17) is 4.42 Å². The van der Waals surface area contributed by atoms with Gasteiger partial charge in [-0.15, -0.1) is 0 Å². The van der Waals surface area contributed by atoms with E-state index in [9.17, 15) is 10.1 Å². The van der Waals surface area contributed by atoms with Gasteiger partial charge < -0.3 is 9.43 Å².